The molecule has 0 unspecified atom stereocenters. The van der Waals surface area contributed by atoms with Gasteiger partial charge in [-0.25, -0.2) is 0 Å². The molecular formula is C17H15N3O. The average Bonchev–Trinajstić information content (AvgIpc) is 3.24. The molecule has 2 aromatic heterocycles. The Morgan fingerprint density at radius 2 is 1.95 bits per heavy atom. The van der Waals surface area contributed by atoms with E-state index in [1.807, 2.05) is 36.4 Å². The van der Waals surface area contributed by atoms with Crippen molar-refractivity contribution in [3.05, 3.63) is 42.0 Å². The molecule has 21 heavy (non-hydrogen) atoms. The molecule has 1 aliphatic rings. The lowest BCUT2D eigenvalue weighted by Gasteiger charge is -2.15. The number of nitrogens with zero attached hydrogens (tertiary/aromatic N) is 2. The zero-order valence-electron chi connectivity index (χ0n) is 11.6. The van der Waals surface area contributed by atoms with Crippen molar-refractivity contribution in [2.24, 2.45) is 0 Å². The van der Waals surface area contributed by atoms with Crippen molar-refractivity contribution in [1.29, 1.82) is 5.26 Å². The number of aromatic nitrogens is 1. The van der Waals surface area contributed by atoms with Crippen molar-refractivity contribution < 1.29 is 4.42 Å². The number of nitrogens with one attached hydrogen (secondary N) is 1. The summed E-state index contributed by atoms with van der Waals surface area (Å²) in [6.07, 6.45) is 2.37. The summed E-state index contributed by atoms with van der Waals surface area (Å²) >= 11 is 0. The molecule has 0 atom stereocenters. The largest absolute Gasteiger partial charge is 0.455 e. The fourth-order valence-corrected chi connectivity index (χ4v) is 2.97. The molecule has 4 heteroatoms. The van der Waals surface area contributed by atoms with E-state index in [1.165, 1.54) is 12.8 Å². The van der Waals surface area contributed by atoms with Gasteiger partial charge in [-0.3, -0.25) is 0 Å². The Morgan fingerprint density at radius 1 is 1.14 bits per heavy atom. The smallest absolute Gasteiger partial charge is 0.151 e. The molecule has 1 aliphatic heterocycles. The van der Waals surface area contributed by atoms with Gasteiger partial charge in [0.05, 0.1) is 11.3 Å². The second-order valence-corrected chi connectivity index (χ2v) is 5.40. The van der Waals surface area contributed by atoms with Crippen LogP contribution in [0.4, 0.5) is 5.82 Å². The van der Waals surface area contributed by atoms with Gasteiger partial charge in [0.1, 0.15) is 17.5 Å². The van der Waals surface area contributed by atoms with E-state index in [0.717, 1.165) is 41.3 Å². The number of anilines is 1. The Bertz CT molecular complexity index is 798. The van der Waals surface area contributed by atoms with Gasteiger partial charge in [0.2, 0.25) is 0 Å². The van der Waals surface area contributed by atoms with E-state index < -0.39 is 0 Å². The molecule has 4 nitrogen and oxygen atoms in total. The number of aromatic amines is 1. The lowest BCUT2D eigenvalue weighted by molar-refractivity contribution is 0.629. The van der Waals surface area contributed by atoms with Crippen LogP contribution in [0.5, 0.6) is 0 Å². The van der Waals surface area contributed by atoms with Crippen LogP contribution in [-0.2, 0) is 0 Å². The maximum atomic E-state index is 9.35. The van der Waals surface area contributed by atoms with Crippen LogP contribution < -0.4 is 4.90 Å². The highest BCUT2D eigenvalue weighted by Crippen LogP contribution is 2.32. The predicted molar refractivity (Wildman–Crippen MR) is 82.2 cm³/mol. The van der Waals surface area contributed by atoms with Crippen LogP contribution in [0.2, 0.25) is 0 Å². The molecule has 1 N–H and O–H groups in total. The number of benzene rings is 1. The number of para-hydroxylation sites is 1. The summed E-state index contributed by atoms with van der Waals surface area (Å²) in [6, 6.07) is 14.1. The quantitative estimate of drug-likeness (QED) is 0.773. The van der Waals surface area contributed by atoms with E-state index >= 15 is 0 Å². The van der Waals surface area contributed by atoms with Gasteiger partial charge in [0, 0.05) is 18.5 Å². The Labute approximate surface area is 122 Å². The Balaban J connectivity index is 1.79. The first kappa shape index (κ1) is 12.1. The fourth-order valence-electron chi connectivity index (χ4n) is 2.97. The van der Waals surface area contributed by atoms with Crippen LogP contribution in [0, 0.1) is 11.3 Å². The van der Waals surface area contributed by atoms with Crippen LogP contribution in [0.25, 0.3) is 22.4 Å². The summed E-state index contributed by atoms with van der Waals surface area (Å²) in [5, 5.41) is 10.4. The summed E-state index contributed by atoms with van der Waals surface area (Å²) < 4.78 is 5.87. The molecule has 0 radical (unpaired) electrons. The number of fused-ring (bicyclic) bond motifs is 1. The van der Waals surface area contributed by atoms with E-state index in [4.69, 9.17) is 4.42 Å². The van der Waals surface area contributed by atoms with E-state index in [2.05, 4.69) is 16.0 Å². The monoisotopic (exact) mass is 277 g/mol. The van der Waals surface area contributed by atoms with Crippen LogP contribution in [0.3, 0.4) is 0 Å². The van der Waals surface area contributed by atoms with Gasteiger partial charge in [-0.2, -0.15) is 5.26 Å². The van der Waals surface area contributed by atoms with Crippen molar-refractivity contribution in [3.8, 4) is 17.5 Å². The van der Waals surface area contributed by atoms with E-state index in [1.54, 1.807) is 0 Å². The minimum Gasteiger partial charge on any atom is -0.455 e. The van der Waals surface area contributed by atoms with Gasteiger partial charge in [-0.1, -0.05) is 18.2 Å². The van der Waals surface area contributed by atoms with Crippen LogP contribution in [-0.4, -0.2) is 18.1 Å². The molecule has 0 spiro atoms. The maximum absolute atomic E-state index is 9.35. The summed E-state index contributed by atoms with van der Waals surface area (Å²) in [5.74, 6) is 1.70. The van der Waals surface area contributed by atoms with E-state index in [-0.39, 0.29) is 0 Å². The highest BCUT2D eigenvalue weighted by molar-refractivity contribution is 5.83. The second kappa shape index (κ2) is 4.71. The van der Waals surface area contributed by atoms with Crippen LogP contribution >= 0.6 is 0 Å². The lowest BCUT2D eigenvalue weighted by atomic mass is 10.2. The number of hydrogen-bond donors (Lipinski definition) is 1. The van der Waals surface area contributed by atoms with E-state index in [0.29, 0.717) is 5.56 Å². The van der Waals surface area contributed by atoms with Gasteiger partial charge in [0.15, 0.2) is 5.76 Å². The van der Waals surface area contributed by atoms with Gasteiger partial charge >= 0.3 is 0 Å². The molecule has 1 saturated heterocycles. The normalized spacial score (nSPS) is 14.7. The van der Waals surface area contributed by atoms with Crippen molar-refractivity contribution >= 4 is 16.8 Å². The van der Waals surface area contributed by atoms with E-state index in [9.17, 15) is 5.26 Å². The average molecular weight is 277 g/mol. The number of H-pyrrole nitrogens is 1. The molecule has 0 bridgehead atoms. The molecule has 0 aliphatic carbocycles. The lowest BCUT2D eigenvalue weighted by Crippen LogP contribution is -2.18. The minimum atomic E-state index is 0.687. The summed E-state index contributed by atoms with van der Waals surface area (Å²) in [6.45, 7) is 2.02. The zero-order valence-corrected chi connectivity index (χ0v) is 11.6. The van der Waals surface area contributed by atoms with Gasteiger partial charge in [-0.05, 0) is 31.0 Å². The van der Waals surface area contributed by atoms with Crippen molar-refractivity contribution in [3.63, 3.8) is 0 Å². The number of furan rings is 1. The molecule has 104 valence electrons. The molecular weight excluding hydrogens is 262 g/mol. The summed E-state index contributed by atoms with van der Waals surface area (Å²) in [4.78, 5) is 5.60. The molecule has 0 amide bonds. The van der Waals surface area contributed by atoms with Gasteiger partial charge < -0.3 is 14.3 Å². The van der Waals surface area contributed by atoms with Crippen LogP contribution in [0.1, 0.15) is 18.4 Å². The van der Waals surface area contributed by atoms with Gasteiger partial charge in [0.25, 0.3) is 0 Å². The Hall–Kier alpha value is -2.67. The SMILES string of the molecule is N#Cc1cc(-c2cc3ccccc3o2)[nH]c1N1CCCC1. The van der Waals surface area contributed by atoms with Gasteiger partial charge in [-0.15, -0.1) is 0 Å². The second-order valence-electron chi connectivity index (χ2n) is 5.40. The minimum absolute atomic E-state index is 0.687. The highest BCUT2D eigenvalue weighted by Gasteiger charge is 2.20. The predicted octanol–water partition coefficient (Wildman–Crippen LogP) is 3.90. The first-order valence-corrected chi connectivity index (χ1v) is 7.22. The first-order valence-electron chi connectivity index (χ1n) is 7.22. The zero-order chi connectivity index (χ0) is 14.2. The highest BCUT2D eigenvalue weighted by atomic mass is 16.3. The molecule has 3 aromatic rings. The standard InChI is InChI=1S/C17H15N3O/c18-11-13-9-14(19-17(13)20-7-3-4-8-20)16-10-12-5-1-2-6-15(12)21-16/h1-2,5-6,9-10,19H,3-4,7-8H2. The van der Waals surface area contributed by atoms with Crippen molar-refractivity contribution in [1.82, 2.24) is 4.98 Å². The molecule has 4 rings (SSSR count). The Morgan fingerprint density at radius 3 is 2.71 bits per heavy atom. The number of rotatable bonds is 2. The van der Waals surface area contributed by atoms with Crippen molar-refractivity contribution in [2.75, 3.05) is 18.0 Å². The maximum Gasteiger partial charge on any atom is 0.151 e. The van der Waals surface area contributed by atoms with Crippen LogP contribution in [0.15, 0.2) is 40.8 Å². The molecule has 1 aromatic carbocycles. The third-order valence-corrected chi connectivity index (χ3v) is 4.03. The molecule has 1 fully saturated rings. The topological polar surface area (TPSA) is 56.0 Å². The molecule has 0 saturated carbocycles. The third kappa shape index (κ3) is 1.98. The summed E-state index contributed by atoms with van der Waals surface area (Å²) in [5.41, 5.74) is 2.42. The first-order chi connectivity index (χ1) is 10.3. The number of nitriles is 1. The summed E-state index contributed by atoms with van der Waals surface area (Å²) in [7, 11) is 0. The fraction of sp³-hybridized carbons (Fsp3) is 0.235. The number of hydrogen-bond acceptors (Lipinski definition) is 3. The third-order valence-electron chi connectivity index (χ3n) is 4.03. The van der Waals surface area contributed by atoms with Crippen molar-refractivity contribution in [2.45, 2.75) is 12.8 Å². The Kier molecular flexibility index (Phi) is 2.71. The molecule has 3 heterocycles.